The Balaban J connectivity index is 1.62. The van der Waals surface area contributed by atoms with Gasteiger partial charge in [0.05, 0.1) is 11.9 Å². The predicted octanol–water partition coefficient (Wildman–Crippen LogP) is 3.74. The summed E-state index contributed by atoms with van der Waals surface area (Å²) in [6.45, 7) is 1.72. The van der Waals surface area contributed by atoms with Gasteiger partial charge in [0.2, 0.25) is 0 Å². The van der Waals surface area contributed by atoms with Crippen molar-refractivity contribution >= 4 is 17.5 Å². The van der Waals surface area contributed by atoms with Crippen LogP contribution in [0, 0.1) is 0 Å². The molecule has 0 bridgehead atoms. The molecule has 1 aromatic heterocycles. The predicted molar refractivity (Wildman–Crippen MR) is 93.7 cm³/mol. The zero-order valence-electron chi connectivity index (χ0n) is 13.7. The summed E-state index contributed by atoms with van der Waals surface area (Å²) in [5, 5.41) is 7.77. The first-order valence-corrected chi connectivity index (χ1v) is 8.79. The number of hydrogen-bond donors (Lipinski definition) is 1. The summed E-state index contributed by atoms with van der Waals surface area (Å²) in [5.41, 5.74) is 0.883. The number of benzene rings is 1. The van der Waals surface area contributed by atoms with Crippen LogP contribution < -0.4 is 10.1 Å². The third-order valence-corrected chi connectivity index (χ3v) is 4.53. The molecule has 0 radical (unpaired) electrons. The molecule has 1 fully saturated rings. The number of aromatic nitrogens is 2. The van der Waals surface area contributed by atoms with E-state index >= 15 is 0 Å². The second-order valence-electron chi connectivity index (χ2n) is 6.17. The van der Waals surface area contributed by atoms with Gasteiger partial charge < -0.3 is 10.1 Å². The Labute approximate surface area is 147 Å². The zero-order valence-corrected chi connectivity index (χ0v) is 14.5. The minimum atomic E-state index is -0.636. The van der Waals surface area contributed by atoms with Crippen LogP contribution in [0.15, 0.2) is 36.5 Å². The van der Waals surface area contributed by atoms with E-state index in [0.29, 0.717) is 5.02 Å². The van der Waals surface area contributed by atoms with E-state index in [2.05, 4.69) is 10.4 Å². The van der Waals surface area contributed by atoms with Crippen molar-refractivity contribution < 1.29 is 9.53 Å². The number of rotatable bonds is 5. The normalized spacial score (nSPS) is 16.6. The lowest BCUT2D eigenvalue weighted by Crippen LogP contribution is -2.43. The van der Waals surface area contributed by atoms with Crippen molar-refractivity contribution in [1.82, 2.24) is 15.1 Å². The molecule has 1 N–H and O–H groups in total. The Morgan fingerprint density at radius 1 is 1.29 bits per heavy atom. The zero-order chi connectivity index (χ0) is 16.9. The third kappa shape index (κ3) is 4.09. The van der Waals surface area contributed by atoms with E-state index in [9.17, 15) is 4.79 Å². The van der Waals surface area contributed by atoms with Crippen LogP contribution in [0.25, 0.3) is 5.69 Å². The van der Waals surface area contributed by atoms with Crippen LogP contribution in [0.2, 0.25) is 5.02 Å². The minimum Gasteiger partial charge on any atom is -0.462 e. The van der Waals surface area contributed by atoms with Crippen LogP contribution in [-0.2, 0) is 4.79 Å². The van der Waals surface area contributed by atoms with Crippen molar-refractivity contribution in [2.45, 2.75) is 51.2 Å². The van der Waals surface area contributed by atoms with Gasteiger partial charge >= 0.3 is 0 Å². The Bertz CT molecular complexity index is 681. The van der Waals surface area contributed by atoms with Crippen LogP contribution in [0.1, 0.15) is 39.0 Å². The molecule has 6 heteroatoms. The topological polar surface area (TPSA) is 56.2 Å². The first kappa shape index (κ1) is 16.8. The molecule has 1 aromatic carbocycles. The number of hydrogen-bond acceptors (Lipinski definition) is 3. The standard InChI is InChI=1S/C18H22ClN3O2/c1-13(17(23)20-14-8-4-2-5-9-14)24-18-16(19)12-22(21-18)15-10-6-3-7-11-15/h3,6-7,10-14H,2,4-5,8-9H2,1H3,(H,20,23). The Hall–Kier alpha value is -2.01. The average Bonchev–Trinajstić information content (AvgIpc) is 2.97. The summed E-state index contributed by atoms with van der Waals surface area (Å²) in [7, 11) is 0. The van der Waals surface area contributed by atoms with Gasteiger partial charge in [-0.25, -0.2) is 4.68 Å². The number of halogens is 1. The van der Waals surface area contributed by atoms with Crippen molar-refractivity contribution in [2.75, 3.05) is 0 Å². The molecule has 2 aromatic rings. The van der Waals surface area contributed by atoms with Gasteiger partial charge in [-0.1, -0.05) is 49.1 Å². The van der Waals surface area contributed by atoms with E-state index in [-0.39, 0.29) is 17.8 Å². The van der Waals surface area contributed by atoms with Crippen molar-refractivity contribution in [1.29, 1.82) is 0 Å². The minimum absolute atomic E-state index is 0.118. The quantitative estimate of drug-likeness (QED) is 0.896. The van der Waals surface area contributed by atoms with Gasteiger partial charge in [-0.05, 0) is 31.9 Å². The van der Waals surface area contributed by atoms with Crippen LogP contribution in [0.3, 0.4) is 0 Å². The lowest BCUT2D eigenvalue weighted by molar-refractivity contribution is -0.128. The Kier molecular flexibility index (Phi) is 5.41. The molecule has 1 atom stereocenters. The smallest absolute Gasteiger partial charge is 0.261 e. The van der Waals surface area contributed by atoms with Crippen molar-refractivity contribution in [2.24, 2.45) is 0 Å². The van der Waals surface area contributed by atoms with Gasteiger partial charge in [0.1, 0.15) is 5.02 Å². The van der Waals surface area contributed by atoms with E-state index in [4.69, 9.17) is 16.3 Å². The molecule has 1 saturated carbocycles. The van der Waals surface area contributed by atoms with E-state index in [1.54, 1.807) is 17.8 Å². The first-order valence-electron chi connectivity index (χ1n) is 8.41. The molecule has 1 aliphatic rings. The number of carbonyl (C=O) groups excluding carboxylic acids is 1. The molecule has 5 nitrogen and oxygen atoms in total. The van der Waals surface area contributed by atoms with Crippen LogP contribution in [0.5, 0.6) is 5.88 Å². The molecule has 24 heavy (non-hydrogen) atoms. The van der Waals surface area contributed by atoms with Crippen LogP contribution >= 0.6 is 11.6 Å². The highest BCUT2D eigenvalue weighted by Crippen LogP contribution is 2.25. The van der Waals surface area contributed by atoms with E-state index in [0.717, 1.165) is 18.5 Å². The molecular formula is C18H22ClN3O2. The molecule has 0 spiro atoms. The monoisotopic (exact) mass is 347 g/mol. The van der Waals surface area contributed by atoms with Gasteiger partial charge in [0.15, 0.2) is 6.10 Å². The summed E-state index contributed by atoms with van der Waals surface area (Å²) < 4.78 is 7.32. The highest BCUT2D eigenvalue weighted by atomic mass is 35.5. The van der Waals surface area contributed by atoms with Gasteiger partial charge in [0.25, 0.3) is 11.8 Å². The summed E-state index contributed by atoms with van der Waals surface area (Å²) in [5.74, 6) is 0.152. The summed E-state index contributed by atoms with van der Waals surface area (Å²) in [6.07, 6.45) is 6.73. The molecular weight excluding hydrogens is 326 g/mol. The molecule has 1 heterocycles. The van der Waals surface area contributed by atoms with E-state index in [1.165, 1.54) is 19.3 Å². The summed E-state index contributed by atoms with van der Waals surface area (Å²) in [6, 6.07) is 9.88. The molecule has 0 aliphatic heterocycles. The van der Waals surface area contributed by atoms with Crippen molar-refractivity contribution in [3.63, 3.8) is 0 Å². The van der Waals surface area contributed by atoms with Gasteiger partial charge in [-0.2, -0.15) is 0 Å². The lowest BCUT2D eigenvalue weighted by Gasteiger charge is -2.24. The Morgan fingerprint density at radius 2 is 2.00 bits per heavy atom. The first-order chi connectivity index (χ1) is 11.6. The maximum atomic E-state index is 12.3. The highest BCUT2D eigenvalue weighted by molar-refractivity contribution is 6.31. The second-order valence-corrected chi connectivity index (χ2v) is 6.57. The van der Waals surface area contributed by atoms with Crippen LogP contribution in [0.4, 0.5) is 0 Å². The fraction of sp³-hybridized carbons (Fsp3) is 0.444. The summed E-state index contributed by atoms with van der Waals surface area (Å²) in [4.78, 5) is 12.3. The number of nitrogens with one attached hydrogen (secondary N) is 1. The van der Waals surface area contributed by atoms with Gasteiger partial charge in [0, 0.05) is 6.04 Å². The molecule has 1 unspecified atom stereocenters. The van der Waals surface area contributed by atoms with Crippen LogP contribution in [-0.4, -0.2) is 27.8 Å². The van der Waals surface area contributed by atoms with Gasteiger partial charge in [-0.3, -0.25) is 4.79 Å². The largest absolute Gasteiger partial charge is 0.462 e. The third-order valence-electron chi connectivity index (χ3n) is 4.27. The number of nitrogens with zero attached hydrogens (tertiary/aromatic N) is 2. The summed E-state index contributed by atoms with van der Waals surface area (Å²) >= 11 is 6.20. The molecule has 3 rings (SSSR count). The van der Waals surface area contributed by atoms with Crippen molar-refractivity contribution in [3.8, 4) is 11.6 Å². The number of ether oxygens (including phenoxy) is 1. The number of para-hydroxylation sites is 1. The lowest BCUT2D eigenvalue weighted by atomic mass is 9.95. The molecule has 128 valence electrons. The van der Waals surface area contributed by atoms with Gasteiger partial charge in [-0.15, -0.1) is 5.10 Å². The SMILES string of the molecule is CC(Oc1nn(-c2ccccc2)cc1Cl)C(=O)NC1CCCCC1. The fourth-order valence-electron chi connectivity index (χ4n) is 2.92. The van der Waals surface area contributed by atoms with E-state index < -0.39 is 6.10 Å². The maximum absolute atomic E-state index is 12.3. The second kappa shape index (κ2) is 7.71. The average molecular weight is 348 g/mol. The van der Waals surface area contributed by atoms with Crippen molar-refractivity contribution in [3.05, 3.63) is 41.6 Å². The number of amides is 1. The molecule has 1 amide bonds. The fourth-order valence-corrected chi connectivity index (χ4v) is 3.09. The van der Waals surface area contributed by atoms with E-state index in [1.807, 2.05) is 30.3 Å². The molecule has 1 aliphatic carbocycles. The molecule has 0 saturated heterocycles. The number of carbonyl (C=O) groups is 1. The maximum Gasteiger partial charge on any atom is 0.261 e. The Morgan fingerprint density at radius 3 is 2.71 bits per heavy atom. The highest BCUT2D eigenvalue weighted by Gasteiger charge is 2.22.